The van der Waals surface area contributed by atoms with Gasteiger partial charge in [-0.3, -0.25) is 4.79 Å². The summed E-state index contributed by atoms with van der Waals surface area (Å²) in [7, 11) is 0. The molecule has 0 heterocycles. The lowest BCUT2D eigenvalue weighted by molar-refractivity contribution is -0.121. The van der Waals surface area contributed by atoms with E-state index in [0.717, 1.165) is 22.6 Å². The fourth-order valence-corrected chi connectivity index (χ4v) is 2.81. The lowest BCUT2D eigenvalue weighted by Crippen LogP contribution is -2.20. The number of rotatable bonds is 8. The third-order valence-electron chi connectivity index (χ3n) is 3.75. The molecule has 0 bridgehead atoms. The van der Waals surface area contributed by atoms with Crippen molar-refractivity contribution in [1.29, 1.82) is 0 Å². The Morgan fingerprint density at radius 1 is 1.15 bits per heavy atom. The fraction of sp³-hybridized carbons (Fsp3) is 0.300. The zero-order valence-corrected chi connectivity index (χ0v) is 16.4. The molecular formula is C20H22Cl2N2O2. The van der Waals surface area contributed by atoms with E-state index in [1.54, 1.807) is 12.1 Å². The quantitative estimate of drug-likeness (QED) is 0.371. The number of nitrogens with zero attached hydrogens (tertiary/aromatic N) is 1. The lowest BCUT2D eigenvalue weighted by Gasteiger charge is -2.09. The highest BCUT2D eigenvalue weighted by Gasteiger charge is 2.05. The Morgan fingerprint density at radius 3 is 2.62 bits per heavy atom. The van der Waals surface area contributed by atoms with Crippen LogP contribution in [0.4, 0.5) is 0 Å². The number of ether oxygens (including phenoxy) is 1. The molecule has 0 unspecified atom stereocenters. The minimum atomic E-state index is -0.144. The molecular weight excluding hydrogens is 371 g/mol. The van der Waals surface area contributed by atoms with Gasteiger partial charge in [0.05, 0.1) is 12.3 Å². The zero-order valence-electron chi connectivity index (χ0n) is 14.9. The van der Waals surface area contributed by atoms with E-state index in [4.69, 9.17) is 27.9 Å². The number of hydrogen-bond acceptors (Lipinski definition) is 3. The Hall–Kier alpha value is -2.04. The van der Waals surface area contributed by atoms with Crippen LogP contribution < -0.4 is 10.2 Å². The maximum atomic E-state index is 12.0. The number of benzene rings is 2. The summed E-state index contributed by atoms with van der Waals surface area (Å²) in [6, 6.07) is 12.9. The number of aryl methyl sites for hydroxylation is 1. The highest BCUT2D eigenvalue weighted by atomic mass is 35.5. The lowest BCUT2D eigenvalue weighted by atomic mass is 10.1. The van der Waals surface area contributed by atoms with E-state index >= 15 is 0 Å². The second kappa shape index (κ2) is 10.2. The Bertz CT molecular complexity index is 791. The van der Waals surface area contributed by atoms with Gasteiger partial charge in [-0.05, 0) is 61.2 Å². The highest BCUT2D eigenvalue weighted by molar-refractivity contribution is 6.31. The van der Waals surface area contributed by atoms with Crippen LogP contribution in [0.5, 0.6) is 5.75 Å². The molecule has 2 rings (SSSR count). The molecule has 138 valence electrons. The Labute approximate surface area is 164 Å². The van der Waals surface area contributed by atoms with Crippen LogP contribution in [0, 0.1) is 6.92 Å². The summed E-state index contributed by atoms with van der Waals surface area (Å²) < 4.78 is 5.68. The molecule has 2 aromatic rings. The molecule has 0 aliphatic rings. The number of amides is 1. The molecule has 0 aliphatic heterocycles. The minimum absolute atomic E-state index is 0.144. The van der Waals surface area contributed by atoms with Crippen molar-refractivity contribution in [3.8, 4) is 5.75 Å². The molecule has 6 heteroatoms. The van der Waals surface area contributed by atoms with Gasteiger partial charge in [0, 0.05) is 16.5 Å². The van der Waals surface area contributed by atoms with Crippen LogP contribution in [-0.2, 0) is 4.79 Å². The van der Waals surface area contributed by atoms with E-state index in [2.05, 4.69) is 10.5 Å². The normalized spacial score (nSPS) is 11.3. The van der Waals surface area contributed by atoms with E-state index in [0.29, 0.717) is 35.9 Å². The Kier molecular flexibility index (Phi) is 7.95. The predicted octanol–water partition coefficient (Wildman–Crippen LogP) is 5.39. The number of hydrazone groups is 1. The van der Waals surface area contributed by atoms with E-state index in [1.165, 1.54) is 0 Å². The molecule has 0 fully saturated rings. The molecule has 2 aromatic carbocycles. The monoisotopic (exact) mass is 392 g/mol. The maximum absolute atomic E-state index is 12.0. The standard InChI is InChI=1S/C20H22Cl2N2O2/c1-3-18(15-6-4-7-16(21)13-15)23-24-20(25)8-5-11-26-19-10-9-17(22)12-14(19)2/h4,6-7,9-10,12-13H,3,5,8,11H2,1-2H3,(H,24,25). The topological polar surface area (TPSA) is 50.7 Å². The van der Waals surface area contributed by atoms with Crippen LogP contribution in [0.25, 0.3) is 0 Å². The summed E-state index contributed by atoms with van der Waals surface area (Å²) in [5, 5.41) is 5.54. The van der Waals surface area contributed by atoms with Gasteiger partial charge in [0.25, 0.3) is 0 Å². The van der Waals surface area contributed by atoms with E-state index < -0.39 is 0 Å². The highest BCUT2D eigenvalue weighted by Crippen LogP contribution is 2.21. The molecule has 1 amide bonds. The second-order valence-corrected chi connectivity index (χ2v) is 6.69. The first-order chi connectivity index (χ1) is 12.5. The largest absolute Gasteiger partial charge is 0.493 e. The number of halogens is 2. The fourth-order valence-electron chi connectivity index (χ4n) is 2.39. The average Bonchev–Trinajstić information content (AvgIpc) is 2.61. The number of carbonyl (C=O) groups excluding carboxylic acids is 1. The smallest absolute Gasteiger partial charge is 0.240 e. The van der Waals surface area contributed by atoms with Gasteiger partial charge >= 0.3 is 0 Å². The van der Waals surface area contributed by atoms with Gasteiger partial charge in [0.2, 0.25) is 5.91 Å². The van der Waals surface area contributed by atoms with Crippen molar-refractivity contribution in [1.82, 2.24) is 5.43 Å². The first-order valence-corrected chi connectivity index (χ1v) is 9.25. The second-order valence-electron chi connectivity index (χ2n) is 5.82. The molecule has 4 nitrogen and oxygen atoms in total. The van der Waals surface area contributed by atoms with Crippen molar-refractivity contribution in [2.24, 2.45) is 5.10 Å². The molecule has 26 heavy (non-hydrogen) atoms. The first-order valence-electron chi connectivity index (χ1n) is 8.50. The van der Waals surface area contributed by atoms with Crippen molar-refractivity contribution < 1.29 is 9.53 Å². The first kappa shape index (κ1) is 20.3. The maximum Gasteiger partial charge on any atom is 0.240 e. The van der Waals surface area contributed by atoms with Crippen molar-refractivity contribution in [2.75, 3.05) is 6.61 Å². The summed E-state index contributed by atoms with van der Waals surface area (Å²) in [6.07, 6.45) is 1.63. The number of nitrogens with one attached hydrogen (secondary N) is 1. The minimum Gasteiger partial charge on any atom is -0.493 e. The van der Waals surface area contributed by atoms with Gasteiger partial charge < -0.3 is 4.74 Å². The molecule has 0 atom stereocenters. The molecule has 0 saturated heterocycles. The molecule has 0 saturated carbocycles. The van der Waals surface area contributed by atoms with Gasteiger partial charge in [-0.25, -0.2) is 5.43 Å². The summed E-state index contributed by atoms with van der Waals surface area (Å²) in [6.45, 7) is 4.37. The van der Waals surface area contributed by atoms with Crippen molar-refractivity contribution in [3.63, 3.8) is 0 Å². The number of carbonyl (C=O) groups is 1. The summed E-state index contributed by atoms with van der Waals surface area (Å²) in [5.41, 5.74) is 5.27. The van der Waals surface area contributed by atoms with Crippen LogP contribution in [0.3, 0.4) is 0 Å². The third-order valence-corrected chi connectivity index (χ3v) is 4.22. The SMILES string of the molecule is CCC(=NNC(=O)CCCOc1ccc(Cl)cc1C)c1cccc(Cl)c1. The molecule has 0 radical (unpaired) electrons. The van der Waals surface area contributed by atoms with Gasteiger partial charge in [-0.1, -0.05) is 42.3 Å². The average molecular weight is 393 g/mol. The predicted molar refractivity (Wildman–Crippen MR) is 107 cm³/mol. The zero-order chi connectivity index (χ0) is 18.9. The van der Waals surface area contributed by atoms with E-state index in [1.807, 2.05) is 44.2 Å². The molecule has 0 aliphatic carbocycles. The van der Waals surface area contributed by atoms with E-state index in [-0.39, 0.29) is 5.91 Å². The molecule has 0 aromatic heterocycles. The van der Waals surface area contributed by atoms with E-state index in [9.17, 15) is 4.79 Å². The van der Waals surface area contributed by atoms with Crippen molar-refractivity contribution in [3.05, 3.63) is 63.6 Å². The van der Waals surface area contributed by atoms with Crippen LogP contribution in [0.1, 0.15) is 37.3 Å². The third kappa shape index (κ3) is 6.36. The van der Waals surface area contributed by atoms with Crippen LogP contribution in [0.15, 0.2) is 47.6 Å². The van der Waals surface area contributed by atoms with Gasteiger partial charge in [-0.15, -0.1) is 0 Å². The van der Waals surface area contributed by atoms with Gasteiger partial charge in [-0.2, -0.15) is 5.10 Å². The van der Waals surface area contributed by atoms with Gasteiger partial charge in [0.1, 0.15) is 5.75 Å². The summed E-state index contributed by atoms with van der Waals surface area (Å²) in [5.74, 6) is 0.636. The van der Waals surface area contributed by atoms with Crippen LogP contribution in [0.2, 0.25) is 10.0 Å². The Morgan fingerprint density at radius 2 is 1.92 bits per heavy atom. The number of hydrogen-bond donors (Lipinski definition) is 1. The summed E-state index contributed by atoms with van der Waals surface area (Å²) in [4.78, 5) is 12.0. The molecule has 0 spiro atoms. The molecule has 1 N–H and O–H groups in total. The van der Waals surface area contributed by atoms with Crippen molar-refractivity contribution in [2.45, 2.75) is 33.1 Å². The Balaban J connectivity index is 1.79. The van der Waals surface area contributed by atoms with Crippen molar-refractivity contribution >= 4 is 34.8 Å². The van der Waals surface area contributed by atoms with Crippen LogP contribution >= 0.6 is 23.2 Å². The summed E-state index contributed by atoms with van der Waals surface area (Å²) >= 11 is 11.9. The van der Waals surface area contributed by atoms with Crippen LogP contribution in [-0.4, -0.2) is 18.2 Å². The van der Waals surface area contributed by atoms with Gasteiger partial charge in [0.15, 0.2) is 0 Å².